The summed E-state index contributed by atoms with van der Waals surface area (Å²) in [6.07, 6.45) is 0. The topological polar surface area (TPSA) is 121 Å². The lowest BCUT2D eigenvalue weighted by atomic mass is 10.2. The summed E-state index contributed by atoms with van der Waals surface area (Å²) in [5, 5.41) is 11.2. The highest BCUT2D eigenvalue weighted by Crippen LogP contribution is 2.24. The van der Waals surface area contributed by atoms with Crippen LogP contribution < -0.4 is 15.9 Å². The van der Waals surface area contributed by atoms with Gasteiger partial charge in [-0.25, -0.2) is 9.47 Å². The second kappa shape index (κ2) is 9.79. The van der Waals surface area contributed by atoms with Gasteiger partial charge in [0.1, 0.15) is 5.75 Å². The maximum absolute atomic E-state index is 12.4. The van der Waals surface area contributed by atoms with Crippen LogP contribution in [-0.2, 0) is 9.53 Å². The Bertz CT molecular complexity index is 1040. The number of nitrogens with one attached hydrogen (secondary N) is 1. The van der Waals surface area contributed by atoms with Gasteiger partial charge in [0.25, 0.3) is 0 Å². The molecule has 3 rings (SSSR count). The van der Waals surface area contributed by atoms with Crippen LogP contribution in [0.1, 0.15) is 17.3 Å². The van der Waals surface area contributed by atoms with E-state index in [4.69, 9.17) is 15.3 Å². The molecule has 0 aliphatic rings. The molecule has 1 heterocycles. The van der Waals surface area contributed by atoms with Gasteiger partial charge in [0.15, 0.2) is 5.82 Å². The minimum absolute atomic E-state index is 0.0368. The molecule has 0 spiro atoms. The number of rotatable bonds is 8. The molecule has 3 aromatic rings. The van der Waals surface area contributed by atoms with Gasteiger partial charge in [-0.05, 0) is 43.3 Å². The van der Waals surface area contributed by atoms with Gasteiger partial charge in [-0.15, -0.1) is 10.2 Å². The van der Waals surface area contributed by atoms with Crippen molar-refractivity contribution in [3.8, 4) is 17.1 Å². The van der Waals surface area contributed by atoms with Gasteiger partial charge in [0.05, 0.1) is 30.7 Å². The Hall–Kier alpha value is -3.53. The number of benzene rings is 2. The first-order valence-electron chi connectivity index (χ1n) is 9.07. The molecule has 0 bridgehead atoms. The number of carbonyl (C=O) groups excluding carboxylic acids is 2. The minimum Gasteiger partial charge on any atom is -0.497 e. The molecule has 10 heteroatoms. The predicted octanol–water partition coefficient (Wildman–Crippen LogP) is 2.58. The number of methoxy groups -OCH3 is 1. The zero-order valence-corrected chi connectivity index (χ0v) is 17.3. The predicted molar refractivity (Wildman–Crippen MR) is 114 cm³/mol. The molecule has 30 heavy (non-hydrogen) atoms. The van der Waals surface area contributed by atoms with Crippen LogP contribution in [0.5, 0.6) is 5.75 Å². The van der Waals surface area contributed by atoms with Gasteiger partial charge >= 0.3 is 5.97 Å². The summed E-state index contributed by atoms with van der Waals surface area (Å²) >= 11 is 1.13. The van der Waals surface area contributed by atoms with E-state index in [1.54, 1.807) is 50.4 Å². The normalized spacial score (nSPS) is 10.5. The fourth-order valence-corrected chi connectivity index (χ4v) is 3.26. The molecule has 0 unspecified atom stereocenters. The molecule has 3 N–H and O–H groups in total. The molecule has 0 saturated carbocycles. The van der Waals surface area contributed by atoms with E-state index in [0.717, 1.165) is 23.1 Å². The van der Waals surface area contributed by atoms with Crippen molar-refractivity contribution in [1.82, 2.24) is 14.9 Å². The van der Waals surface area contributed by atoms with E-state index in [9.17, 15) is 9.59 Å². The number of esters is 1. The number of ether oxygens (including phenoxy) is 2. The SMILES string of the molecule is CCOC(=O)c1ccccc1NC(=O)CSc1nnc(-c2ccc(OC)cc2)n1N. The van der Waals surface area contributed by atoms with Gasteiger partial charge in [0, 0.05) is 5.56 Å². The Morgan fingerprint density at radius 2 is 1.87 bits per heavy atom. The monoisotopic (exact) mass is 427 g/mol. The van der Waals surface area contributed by atoms with Crippen molar-refractivity contribution >= 4 is 29.3 Å². The zero-order valence-electron chi connectivity index (χ0n) is 16.5. The summed E-state index contributed by atoms with van der Waals surface area (Å²) in [6.45, 7) is 1.97. The lowest BCUT2D eigenvalue weighted by Gasteiger charge is -2.10. The number of nitrogen functional groups attached to an aromatic ring is 1. The Labute approximate surface area is 177 Å². The van der Waals surface area contributed by atoms with Gasteiger partial charge in [0.2, 0.25) is 11.1 Å². The molecule has 1 aromatic heterocycles. The van der Waals surface area contributed by atoms with Crippen molar-refractivity contribution in [3.63, 3.8) is 0 Å². The van der Waals surface area contributed by atoms with E-state index in [0.29, 0.717) is 22.2 Å². The van der Waals surface area contributed by atoms with Crippen molar-refractivity contribution in [2.75, 3.05) is 30.6 Å². The first-order valence-corrected chi connectivity index (χ1v) is 10.1. The Morgan fingerprint density at radius 3 is 2.57 bits per heavy atom. The molecule has 0 radical (unpaired) electrons. The number of carbonyl (C=O) groups is 2. The van der Waals surface area contributed by atoms with Crippen molar-refractivity contribution in [2.24, 2.45) is 0 Å². The summed E-state index contributed by atoms with van der Waals surface area (Å²) < 4.78 is 11.5. The third kappa shape index (κ3) is 4.90. The molecule has 0 aliphatic carbocycles. The Balaban J connectivity index is 1.65. The molecular weight excluding hydrogens is 406 g/mol. The first-order chi connectivity index (χ1) is 14.5. The van der Waals surface area contributed by atoms with E-state index < -0.39 is 5.97 Å². The van der Waals surface area contributed by atoms with Crippen LogP contribution >= 0.6 is 11.8 Å². The number of hydrogen-bond donors (Lipinski definition) is 2. The van der Waals surface area contributed by atoms with Crippen LogP contribution in [0.15, 0.2) is 53.7 Å². The summed E-state index contributed by atoms with van der Waals surface area (Å²) in [7, 11) is 1.59. The third-order valence-corrected chi connectivity index (χ3v) is 4.98. The number of nitrogens with zero attached hydrogens (tertiary/aromatic N) is 3. The highest BCUT2D eigenvalue weighted by atomic mass is 32.2. The van der Waals surface area contributed by atoms with Crippen LogP contribution in [0.3, 0.4) is 0 Å². The maximum Gasteiger partial charge on any atom is 0.340 e. The second-order valence-electron chi connectivity index (χ2n) is 6.01. The van der Waals surface area contributed by atoms with E-state index >= 15 is 0 Å². The number of amides is 1. The number of hydrogen-bond acceptors (Lipinski definition) is 8. The molecule has 1 amide bonds. The zero-order chi connectivity index (χ0) is 21.5. The second-order valence-corrected chi connectivity index (χ2v) is 6.95. The van der Waals surface area contributed by atoms with Gasteiger partial charge < -0.3 is 20.6 Å². The molecule has 156 valence electrons. The van der Waals surface area contributed by atoms with Crippen molar-refractivity contribution < 1.29 is 19.1 Å². The summed E-state index contributed by atoms with van der Waals surface area (Å²) in [5.74, 6) is 6.50. The first kappa shape index (κ1) is 21.2. The average molecular weight is 427 g/mol. The lowest BCUT2D eigenvalue weighted by Crippen LogP contribution is -2.18. The standard InChI is InChI=1S/C20H21N5O4S/c1-3-29-19(27)15-6-4-5-7-16(15)22-17(26)12-30-20-24-23-18(25(20)21)13-8-10-14(28-2)11-9-13/h4-11H,3,12,21H2,1-2H3,(H,22,26). The van der Waals surface area contributed by atoms with Crippen LogP contribution in [0.25, 0.3) is 11.4 Å². The number of para-hydroxylation sites is 1. The van der Waals surface area contributed by atoms with Crippen LogP contribution in [-0.4, -0.2) is 46.2 Å². The summed E-state index contributed by atoms with van der Waals surface area (Å²) in [6, 6.07) is 13.9. The summed E-state index contributed by atoms with van der Waals surface area (Å²) in [5.41, 5.74) is 1.45. The Kier molecular flexibility index (Phi) is 6.91. The fraction of sp³-hybridized carbons (Fsp3) is 0.200. The molecule has 9 nitrogen and oxygen atoms in total. The lowest BCUT2D eigenvalue weighted by molar-refractivity contribution is -0.113. The quantitative estimate of drug-likeness (QED) is 0.320. The van der Waals surface area contributed by atoms with E-state index in [1.165, 1.54) is 4.68 Å². The van der Waals surface area contributed by atoms with E-state index in [2.05, 4.69) is 15.5 Å². The molecule has 0 aliphatic heterocycles. The van der Waals surface area contributed by atoms with Crippen molar-refractivity contribution in [3.05, 3.63) is 54.1 Å². The van der Waals surface area contributed by atoms with Crippen LogP contribution in [0.2, 0.25) is 0 Å². The van der Waals surface area contributed by atoms with Gasteiger partial charge in [-0.1, -0.05) is 23.9 Å². The minimum atomic E-state index is -0.494. The highest BCUT2D eigenvalue weighted by Gasteiger charge is 2.16. The molecular formula is C20H21N5O4S. The van der Waals surface area contributed by atoms with Crippen molar-refractivity contribution in [2.45, 2.75) is 12.1 Å². The molecule has 0 atom stereocenters. The number of nitrogens with two attached hydrogens (primary N) is 1. The highest BCUT2D eigenvalue weighted by molar-refractivity contribution is 7.99. The van der Waals surface area contributed by atoms with Gasteiger partial charge in [-0.2, -0.15) is 0 Å². The molecule has 0 saturated heterocycles. The molecule has 2 aromatic carbocycles. The summed E-state index contributed by atoms with van der Waals surface area (Å²) in [4.78, 5) is 24.4. The van der Waals surface area contributed by atoms with Gasteiger partial charge in [-0.3, -0.25) is 4.79 Å². The third-order valence-electron chi connectivity index (χ3n) is 4.04. The number of anilines is 1. The molecule has 0 fully saturated rings. The van der Waals surface area contributed by atoms with Crippen molar-refractivity contribution in [1.29, 1.82) is 0 Å². The largest absolute Gasteiger partial charge is 0.497 e. The Morgan fingerprint density at radius 1 is 1.13 bits per heavy atom. The van der Waals surface area contributed by atoms with E-state index in [1.807, 2.05) is 12.1 Å². The smallest absolute Gasteiger partial charge is 0.340 e. The van der Waals surface area contributed by atoms with E-state index in [-0.39, 0.29) is 18.3 Å². The number of aromatic nitrogens is 3. The maximum atomic E-state index is 12.4. The fourth-order valence-electron chi connectivity index (χ4n) is 2.61. The van der Waals surface area contributed by atoms with Crippen LogP contribution in [0.4, 0.5) is 5.69 Å². The van der Waals surface area contributed by atoms with Crippen LogP contribution in [0, 0.1) is 0 Å². The number of thioether (sulfide) groups is 1. The average Bonchev–Trinajstić information content (AvgIpc) is 3.13.